The van der Waals surface area contributed by atoms with Crippen molar-refractivity contribution in [2.45, 2.75) is 45.1 Å². The van der Waals surface area contributed by atoms with Gasteiger partial charge in [-0.05, 0) is 43.4 Å². The molecule has 1 aliphatic heterocycles. The van der Waals surface area contributed by atoms with Gasteiger partial charge in [0.1, 0.15) is 0 Å². The first-order valence-corrected chi connectivity index (χ1v) is 7.40. The van der Waals surface area contributed by atoms with Gasteiger partial charge in [-0.25, -0.2) is 0 Å². The number of esters is 1. The summed E-state index contributed by atoms with van der Waals surface area (Å²) in [7, 11) is 1.84. The number of cyclic esters (lactones) is 1. The van der Waals surface area contributed by atoms with Gasteiger partial charge < -0.3 is 9.47 Å². The Kier molecular flexibility index (Phi) is 3.35. The second-order valence-corrected chi connectivity index (χ2v) is 6.48. The molecule has 18 heavy (non-hydrogen) atoms. The van der Waals surface area contributed by atoms with Crippen molar-refractivity contribution in [3.05, 3.63) is 0 Å². The smallest absolute Gasteiger partial charge is 0.309 e. The van der Waals surface area contributed by atoms with Crippen molar-refractivity contribution in [3.8, 4) is 0 Å². The lowest BCUT2D eigenvalue weighted by Gasteiger charge is -2.31. The van der Waals surface area contributed by atoms with Crippen molar-refractivity contribution in [2.75, 3.05) is 13.7 Å². The second kappa shape index (κ2) is 4.84. The molecule has 0 radical (unpaired) electrons. The molecule has 0 bridgehead atoms. The van der Waals surface area contributed by atoms with Gasteiger partial charge in [-0.2, -0.15) is 0 Å². The third-order valence-corrected chi connectivity index (χ3v) is 5.60. The molecule has 6 atom stereocenters. The van der Waals surface area contributed by atoms with Crippen molar-refractivity contribution < 1.29 is 14.3 Å². The molecule has 1 heterocycles. The Morgan fingerprint density at radius 2 is 2.06 bits per heavy atom. The van der Waals surface area contributed by atoms with Gasteiger partial charge in [-0.1, -0.05) is 13.3 Å². The molecule has 0 aromatic heterocycles. The summed E-state index contributed by atoms with van der Waals surface area (Å²) in [4.78, 5) is 11.7. The summed E-state index contributed by atoms with van der Waals surface area (Å²) in [5.74, 6) is 2.90. The highest BCUT2D eigenvalue weighted by atomic mass is 16.5. The van der Waals surface area contributed by atoms with E-state index in [0.29, 0.717) is 24.5 Å². The number of rotatable bonds is 1. The minimum atomic E-state index is 0.0541. The van der Waals surface area contributed by atoms with E-state index in [9.17, 15) is 4.79 Å². The number of carbonyl (C=O) groups excluding carboxylic acids is 1. The molecule has 3 aliphatic rings. The van der Waals surface area contributed by atoms with Crippen LogP contribution in [0, 0.1) is 29.6 Å². The highest BCUT2D eigenvalue weighted by Gasteiger charge is 2.47. The average molecular weight is 252 g/mol. The molecule has 3 rings (SSSR count). The zero-order valence-corrected chi connectivity index (χ0v) is 11.4. The maximum absolute atomic E-state index is 11.7. The fourth-order valence-corrected chi connectivity index (χ4v) is 4.62. The van der Waals surface area contributed by atoms with E-state index in [4.69, 9.17) is 9.47 Å². The lowest BCUT2D eigenvalue weighted by molar-refractivity contribution is -0.141. The van der Waals surface area contributed by atoms with Crippen molar-refractivity contribution in [2.24, 2.45) is 29.6 Å². The molecule has 102 valence electrons. The molecule has 0 unspecified atom stereocenters. The SMILES string of the molecule is CO[C@H]1C[C@H](C)[C@@H]2CCC[C@H]3C(=O)OC[C@H]3C[C@H]21. The summed E-state index contributed by atoms with van der Waals surface area (Å²) in [6.45, 7) is 3.02. The molecule has 2 saturated carbocycles. The van der Waals surface area contributed by atoms with Crippen LogP contribution in [0.2, 0.25) is 0 Å². The molecule has 0 aromatic rings. The van der Waals surface area contributed by atoms with Gasteiger partial charge in [0.15, 0.2) is 0 Å². The predicted molar refractivity (Wildman–Crippen MR) is 68.0 cm³/mol. The Bertz CT molecular complexity index is 328. The normalized spacial score (nSPS) is 48.0. The monoisotopic (exact) mass is 252 g/mol. The van der Waals surface area contributed by atoms with Crippen LogP contribution in [0.3, 0.4) is 0 Å². The Balaban J connectivity index is 1.78. The van der Waals surface area contributed by atoms with Gasteiger partial charge >= 0.3 is 5.97 Å². The Morgan fingerprint density at radius 3 is 2.83 bits per heavy atom. The van der Waals surface area contributed by atoms with Crippen LogP contribution in [0.1, 0.15) is 39.0 Å². The number of fused-ring (bicyclic) bond motifs is 2. The Hall–Kier alpha value is -0.570. The van der Waals surface area contributed by atoms with E-state index in [-0.39, 0.29) is 11.9 Å². The number of carbonyl (C=O) groups is 1. The third kappa shape index (κ3) is 1.97. The van der Waals surface area contributed by atoms with Crippen LogP contribution in [-0.4, -0.2) is 25.8 Å². The topological polar surface area (TPSA) is 35.5 Å². The summed E-state index contributed by atoms with van der Waals surface area (Å²) >= 11 is 0. The van der Waals surface area contributed by atoms with E-state index < -0.39 is 0 Å². The Morgan fingerprint density at radius 1 is 1.22 bits per heavy atom. The lowest BCUT2D eigenvalue weighted by Crippen LogP contribution is -2.30. The molecule has 2 aliphatic carbocycles. The standard InChI is InChI=1S/C15H24O3/c1-9-6-14(17-2)13-7-10-8-18-15(16)12(10)5-3-4-11(9)13/h9-14H,3-8H2,1-2H3/t9-,10+,11-,12+,13+,14-/m0/s1. The maximum atomic E-state index is 11.7. The fourth-order valence-electron chi connectivity index (χ4n) is 4.62. The highest BCUT2D eigenvalue weighted by molar-refractivity contribution is 5.74. The van der Waals surface area contributed by atoms with E-state index in [1.54, 1.807) is 0 Å². The van der Waals surface area contributed by atoms with Gasteiger partial charge in [0.2, 0.25) is 0 Å². The van der Waals surface area contributed by atoms with E-state index in [0.717, 1.165) is 24.7 Å². The molecule has 3 heteroatoms. The third-order valence-electron chi connectivity index (χ3n) is 5.60. The molecule has 0 spiro atoms. The van der Waals surface area contributed by atoms with Crippen LogP contribution in [0.25, 0.3) is 0 Å². The predicted octanol–water partition coefficient (Wildman–Crippen LogP) is 2.64. The molecular weight excluding hydrogens is 228 g/mol. The first-order chi connectivity index (χ1) is 8.70. The van der Waals surface area contributed by atoms with Crippen LogP contribution >= 0.6 is 0 Å². The summed E-state index contributed by atoms with van der Waals surface area (Å²) in [5, 5.41) is 0. The van der Waals surface area contributed by atoms with Crippen LogP contribution in [0.15, 0.2) is 0 Å². The van der Waals surface area contributed by atoms with Crippen LogP contribution in [0.5, 0.6) is 0 Å². The largest absolute Gasteiger partial charge is 0.465 e. The molecule has 1 saturated heterocycles. The fraction of sp³-hybridized carbons (Fsp3) is 0.933. The van der Waals surface area contributed by atoms with Crippen molar-refractivity contribution in [3.63, 3.8) is 0 Å². The first-order valence-electron chi connectivity index (χ1n) is 7.40. The van der Waals surface area contributed by atoms with Crippen LogP contribution in [0.4, 0.5) is 0 Å². The molecule has 3 fully saturated rings. The van der Waals surface area contributed by atoms with E-state index in [1.165, 1.54) is 19.3 Å². The number of hydrogen-bond donors (Lipinski definition) is 0. The van der Waals surface area contributed by atoms with Crippen LogP contribution in [-0.2, 0) is 14.3 Å². The molecule has 0 aromatic carbocycles. The summed E-state index contributed by atoms with van der Waals surface area (Å²) in [6, 6.07) is 0. The Labute approximate surface area is 109 Å². The quantitative estimate of drug-likeness (QED) is 0.673. The van der Waals surface area contributed by atoms with Gasteiger partial charge in [0.25, 0.3) is 0 Å². The van der Waals surface area contributed by atoms with Crippen molar-refractivity contribution in [1.29, 1.82) is 0 Å². The molecule has 0 amide bonds. The highest BCUT2D eigenvalue weighted by Crippen LogP contribution is 2.48. The zero-order valence-electron chi connectivity index (χ0n) is 11.4. The van der Waals surface area contributed by atoms with E-state index in [2.05, 4.69) is 6.92 Å². The lowest BCUT2D eigenvalue weighted by atomic mass is 9.73. The number of hydrogen-bond acceptors (Lipinski definition) is 3. The van der Waals surface area contributed by atoms with Gasteiger partial charge in [-0.15, -0.1) is 0 Å². The maximum Gasteiger partial charge on any atom is 0.309 e. The van der Waals surface area contributed by atoms with E-state index >= 15 is 0 Å². The summed E-state index contributed by atoms with van der Waals surface area (Å²) < 4.78 is 11.0. The molecule has 0 N–H and O–H groups in total. The van der Waals surface area contributed by atoms with Gasteiger partial charge in [0, 0.05) is 13.0 Å². The minimum absolute atomic E-state index is 0.0541. The van der Waals surface area contributed by atoms with Crippen molar-refractivity contribution in [1.82, 2.24) is 0 Å². The van der Waals surface area contributed by atoms with Gasteiger partial charge in [-0.3, -0.25) is 4.79 Å². The van der Waals surface area contributed by atoms with Crippen LogP contribution < -0.4 is 0 Å². The number of ether oxygens (including phenoxy) is 2. The minimum Gasteiger partial charge on any atom is -0.465 e. The van der Waals surface area contributed by atoms with Gasteiger partial charge in [0.05, 0.1) is 18.6 Å². The number of methoxy groups -OCH3 is 1. The first kappa shape index (κ1) is 12.5. The van der Waals surface area contributed by atoms with Crippen molar-refractivity contribution >= 4 is 5.97 Å². The summed E-state index contributed by atoms with van der Waals surface area (Å²) in [5.41, 5.74) is 0. The second-order valence-electron chi connectivity index (χ2n) is 6.48. The summed E-state index contributed by atoms with van der Waals surface area (Å²) in [6.07, 6.45) is 6.21. The van der Waals surface area contributed by atoms with E-state index in [1.807, 2.05) is 7.11 Å². The molecule has 3 nitrogen and oxygen atoms in total. The molecular formula is C15H24O3. The zero-order chi connectivity index (χ0) is 12.7. The average Bonchev–Trinajstić information content (AvgIpc) is 2.80.